The molecule has 0 aliphatic carbocycles. The Morgan fingerprint density at radius 3 is 2.50 bits per heavy atom. The fraction of sp³-hybridized carbons (Fsp3) is 0.476. The topological polar surface area (TPSA) is 84.7 Å². The number of amides is 1. The van der Waals surface area contributed by atoms with Crippen LogP contribution in [-0.2, 0) is 18.3 Å². The van der Waals surface area contributed by atoms with Gasteiger partial charge in [0.25, 0.3) is 5.91 Å². The Balaban J connectivity index is 1.51. The number of carbonyl (C=O) groups is 2. The van der Waals surface area contributed by atoms with Gasteiger partial charge in [-0.05, 0) is 50.7 Å². The number of ether oxygens (including phenoxy) is 1. The van der Waals surface area contributed by atoms with Crippen molar-refractivity contribution in [1.29, 1.82) is 0 Å². The molecule has 0 saturated carbocycles. The molecule has 1 fully saturated rings. The number of carboxylic acid groups (broad SMARTS) is 1. The van der Waals surface area contributed by atoms with E-state index in [1.165, 1.54) is 0 Å². The molecule has 0 atom stereocenters. The second-order valence-corrected chi connectivity index (χ2v) is 7.40. The Morgan fingerprint density at radius 2 is 1.89 bits per heavy atom. The van der Waals surface area contributed by atoms with Crippen LogP contribution in [0.1, 0.15) is 40.2 Å². The number of rotatable bonds is 6. The van der Waals surface area contributed by atoms with E-state index >= 15 is 0 Å². The molecule has 1 aromatic carbocycles. The summed E-state index contributed by atoms with van der Waals surface area (Å²) in [7, 11) is 1.85. The number of likely N-dealkylation sites (tertiary alicyclic amines) is 1. The van der Waals surface area contributed by atoms with E-state index in [1.807, 2.05) is 37.9 Å². The van der Waals surface area contributed by atoms with Crippen molar-refractivity contribution in [3.63, 3.8) is 0 Å². The number of piperidine rings is 1. The molecular formula is C21H27N3O4. The minimum absolute atomic E-state index is 0.0138. The van der Waals surface area contributed by atoms with Gasteiger partial charge < -0.3 is 14.7 Å². The second-order valence-electron chi connectivity index (χ2n) is 7.40. The molecule has 2 heterocycles. The molecule has 1 amide bonds. The number of aromatic nitrogens is 2. The van der Waals surface area contributed by atoms with Gasteiger partial charge in [0.15, 0.2) is 12.4 Å². The molecule has 0 bridgehead atoms. The van der Waals surface area contributed by atoms with Gasteiger partial charge in [-0.25, -0.2) is 4.79 Å². The molecule has 1 N–H and O–H groups in total. The summed E-state index contributed by atoms with van der Waals surface area (Å²) in [5.41, 5.74) is 2.92. The lowest BCUT2D eigenvalue weighted by molar-refractivity contribution is -0.134. The zero-order chi connectivity index (χ0) is 20.3. The molecule has 2 aromatic rings. The van der Waals surface area contributed by atoms with Crippen LogP contribution in [0.4, 0.5) is 0 Å². The molecule has 3 rings (SSSR count). The first-order valence-electron chi connectivity index (χ1n) is 9.58. The first-order valence-corrected chi connectivity index (χ1v) is 9.58. The van der Waals surface area contributed by atoms with Crippen LogP contribution in [0.15, 0.2) is 24.3 Å². The molecule has 7 nitrogen and oxygen atoms in total. The highest BCUT2D eigenvalue weighted by Gasteiger charge is 2.25. The van der Waals surface area contributed by atoms with E-state index in [1.54, 1.807) is 16.8 Å². The monoisotopic (exact) mass is 385 g/mol. The maximum atomic E-state index is 12.5. The van der Waals surface area contributed by atoms with E-state index in [4.69, 9.17) is 4.74 Å². The number of hydrogen-bond donors (Lipinski definition) is 1. The number of benzene rings is 1. The van der Waals surface area contributed by atoms with Crippen LogP contribution >= 0.6 is 0 Å². The molecule has 1 saturated heterocycles. The Bertz CT molecular complexity index is 867. The van der Waals surface area contributed by atoms with Gasteiger partial charge in [0.05, 0.1) is 11.3 Å². The van der Waals surface area contributed by atoms with E-state index in [0.29, 0.717) is 30.3 Å². The molecule has 0 unspecified atom stereocenters. The minimum Gasteiger partial charge on any atom is -0.480 e. The molecule has 28 heavy (non-hydrogen) atoms. The Labute approximate surface area is 164 Å². The molecule has 150 valence electrons. The minimum atomic E-state index is -0.888. The predicted octanol–water partition coefficient (Wildman–Crippen LogP) is 2.60. The number of carbonyl (C=O) groups excluding carboxylic acids is 1. The van der Waals surface area contributed by atoms with Crippen LogP contribution in [0.25, 0.3) is 0 Å². The molecule has 0 radical (unpaired) electrons. The van der Waals surface area contributed by atoms with Gasteiger partial charge in [-0.2, -0.15) is 5.10 Å². The van der Waals surface area contributed by atoms with Gasteiger partial charge >= 0.3 is 5.97 Å². The third-order valence-electron chi connectivity index (χ3n) is 5.51. The molecular weight excluding hydrogens is 358 g/mol. The number of hydrogen-bond acceptors (Lipinski definition) is 4. The normalized spacial score (nSPS) is 14.9. The largest absolute Gasteiger partial charge is 0.480 e. The third kappa shape index (κ3) is 4.35. The maximum absolute atomic E-state index is 12.5. The van der Waals surface area contributed by atoms with E-state index in [-0.39, 0.29) is 12.5 Å². The summed E-state index contributed by atoms with van der Waals surface area (Å²) in [5.74, 6) is 0.151. The number of aryl methyl sites for hydroxylation is 2. The zero-order valence-corrected chi connectivity index (χ0v) is 16.6. The predicted molar refractivity (Wildman–Crippen MR) is 105 cm³/mol. The van der Waals surface area contributed by atoms with E-state index < -0.39 is 5.97 Å². The van der Waals surface area contributed by atoms with Crippen molar-refractivity contribution in [3.8, 4) is 5.75 Å². The smallest absolute Gasteiger partial charge is 0.335 e. The van der Waals surface area contributed by atoms with Crippen LogP contribution in [0.5, 0.6) is 5.75 Å². The Morgan fingerprint density at radius 1 is 1.21 bits per heavy atom. The molecule has 0 spiro atoms. The van der Waals surface area contributed by atoms with Gasteiger partial charge in [-0.3, -0.25) is 9.48 Å². The van der Waals surface area contributed by atoms with Crippen LogP contribution in [0.2, 0.25) is 0 Å². The zero-order valence-electron chi connectivity index (χ0n) is 16.6. The summed E-state index contributed by atoms with van der Waals surface area (Å²) < 4.78 is 7.47. The van der Waals surface area contributed by atoms with Crippen LogP contribution < -0.4 is 4.74 Å². The molecule has 1 aliphatic heterocycles. The fourth-order valence-corrected chi connectivity index (χ4v) is 3.79. The lowest BCUT2D eigenvalue weighted by atomic mass is 9.88. The van der Waals surface area contributed by atoms with Crippen molar-refractivity contribution in [1.82, 2.24) is 14.7 Å². The van der Waals surface area contributed by atoms with Crippen LogP contribution in [0.3, 0.4) is 0 Å². The Kier molecular flexibility index (Phi) is 6.02. The van der Waals surface area contributed by atoms with Crippen LogP contribution in [-0.4, -0.2) is 51.4 Å². The van der Waals surface area contributed by atoms with Crippen molar-refractivity contribution in [2.75, 3.05) is 19.7 Å². The summed E-state index contributed by atoms with van der Waals surface area (Å²) >= 11 is 0. The van der Waals surface area contributed by atoms with Gasteiger partial charge in [-0.15, -0.1) is 0 Å². The first kappa shape index (κ1) is 19.9. The van der Waals surface area contributed by atoms with Crippen molar-refractivity contribution in [2.24, 2.45) is 13.0 Å². The summed E-state index contributed by atoms with van der Waals surface area (Å²) in [4.78, 5) is 25.7. The average Bonchev–Trinajstić information content (AvgIpc) is 2.92. The Hall–Kier alpha value is -2.83. The fourth-order valence-electron chi connectivity index (χ4n) is 3.79. The van der Waals surface area contributed by atoms with E-state index in [0.717, 1.165) is 36.2 Å². The maximum Gasteiger partial charge on any atom is 0.335 e. The number of aromatic carboxylic acids is 1. The highest BCUT2D eigenvalue weighted by molar-refractivity contribution is 5.89. The molecule has 7 heteroatoms. The first-order chi connectivity index (χ1) is 13.4. The van der Waals surface area contributed by atoms with Crippen molar-refractivity contribution in [2.45, 2.75) is 33.1 Å². The standard InChI is InChI=1S/C21H27N3O4/c1-14-20(15(2)23(3)22-14)28-13-19(25)24-10-8-16(9-11-24)12-17-6-4-5-7-18(17)21(26)27/h4-7,16H,8-13H2,1-3H3,(H,26,27). The van der Waals surface area contributed by atoms with E-state index in [9.17, 15) is 14.7 Å². The molecule has 1 aromatic heterocycles. The van der Waals surface area contributed by atoms with Gasteiger partial charge in [-0.1, -0.05) is 18.2 Å². The second kappa shape index (κ2) is 8.46. The average molecular weight is 385 g/mol. The lowest BCUT2D eigenvalue weighted by Gasteiger charge is -2.32. The number of nitrogens with zero attached hydrogens (tertiary/aromatic N) is 3. The van der Waals surface area contributed by atoms with Gasteiger partial charge in [0.2, 0.25) is 0 Å². The van der Waals surface area contributed by atoms with Gasteiger partial charge in [0.1, 0.15) is 5.69 Å². The SMILES string of the molecule is Cc1nn(C)c(C)c1OCC(=O)N1CCC(Cc2ccccc2C(=O)O)CC1. The summed E-state index contributed by atoms with van der Waals surface area (Å²) in [5, 5.41) is 13.6. The highest BCUT2D eigenvalue weighted by Crippen LogP contribution is 2.25. The van der Waals surface area contributed by atoms with Crippen molar-refractivity contribution < 1.29 is 19.4 Å². The van der Waals surface area contributed by atoms with Crippen LogP contribution in [0, 0.1) is 19.8 Å². The van der Waals surface area contributed by atoms with Crippen molar-refractivity contribution >= 4 is 11.9 Å². The number of carboxylic acids is 1. The van der Waals surface area contributed by atoms with E-state index in [2.05, 4.69) is 5.10 Å². The summed E-state index contributed by atoms with van der Waals surface area (Å²) in [6, 6.07) is 7.16. The summed E-state index contributed by atoms with van der Waals surface area (Å²) in [6.07, 6.45) is 2.46. The quantitative estimate of drug-likeness (QED) is 0.826. The lowest BCUT2D eigenvalue weighted by Crippen LogP contribution is -2.41. The highest BCUT2D eigenvalue weighted by atomic mass is 16.5. The third-order valence-corrected chi connectivity index (χ3v) is 5.51. The van der Waals surface area contributed by atoms with Crippen molar-refractivity contribution in [3.05, 3.63) is 46.8 Å². The molecule has 1 aliphatic rings. The van der Waals surface area contributed by atoms with Gasteiger partial charge in [0, 0.05) is 20.1 Å². The summed E-state index contributed by atoms with van der Waals surface area (Å²) in [6.45, 7) is 5.15.